The number of aliphatic hydroxyl groups is 1. The van der Waals surface area contributed by atoms with E-state index in [1.54, 1.807) is 23.5 Å². The van der Waals surface area contributed by atoms with Crippen molar-refractivity contribution in [3.63, 3.8) is 0 Å². The highest BCUT2D eigenvalue weighted by atomic mass is 32.1. The number of carbonyl (C=O) groups is 1. The Labute approximate surface area is 174 Å². The van der Waals surface area contributed by atoms with Gasteiger partial charge in [0.15, 0.2) is 5.96 Å². The normalized spacial score (nSPS) is 12.6. The summed E-state index contributed by atoms with van der Waals surface area (Å²) in [6, 6.07) is 19.2. The van der Waals surface area contributed by atoms with Gasteiger partial charge in [-0.15, -0.1) is 11.3 Å². The Kier molecular flexibility index (Phi) is 7.61. The molecule has 4 N–H and O–H groups in total. The molecule has 2 aromatic carbocycles. The van der Waals surface area contributed by atoms with Crippen molar-refractivity contribution in [2.24, 2.45) is 4.99 Å². The zero-order valence-electron chi connectivity index (χ0n) is 16.4. The monoisotopic (exact) mass is 410 g/mol. The smallest absolute Gasteiger partial charge is 0.251 e. The summed E-state index contributed by atoms with van der Waals surface area (Å²) in [4.78, 5) is 17.4. The van der Waals surface area contributed by atoms with Crippen molar-refractivity contribution in [1.29, 1.82) is 0 Å². The maximum absolute atomic E-state index is 12.0. The number of nitrogens with one attached hydrogen (secondary N) is 3. The summed E-state index contributed by atoms with van der Waals surface area (Å²) in [6.45, 7) is 3.96. The molecule has 3 rings (SSSR count). The second-order valence-electron chi connectivity index (χ2n) is 6.47. The van der Waals surface area contributed by atoms with Crippen molar-refractivity contribution in [3.8, 4) is 0 Å². The number of thiophene rings is 1. The van der Waals surface area contributed by atoms with E-state index in [0.717, 1.165) is 15.0 Å². The third-order valence-corrected chi connectivity index (χ3v) is 5.50. The van der Waals surface area contributed by atoms with E-state index in [9.17, 15) is 9.90 Å². The van der Waals surface area contributed by atoms with Crippen LogP contribution >= 0.6 is 11.3 Å². The van der Waals surface area contributed by atoms with Crippen LogP contribution in [0.2, 0.25) is 0 Å². The van der Waals surface area contributed by atoms with Gasteiger partial charge in [0.1, 0.15) is 6.10 Å². The van der Waals surface area contributed by atoms with Gasteiger partial charge in [0.25, 0.3) is 5.91 Å². The number of aliphatic imine (C=N–C) groups is 1. The Hall–Kier alpha value is -2.90. The number of fused-ring (bicyclic) bond motifs is 1. The number of carbonyl (C=O) groups excluding carboxylic acids is 1. The molecule has 3 aromatic rings. The molecule has 6 nitrogen and oxygen atoms in total. The third-order valence-electron chi connectivity index (χ3n) is 4.28. The summed E-state index contributed by atoms with van der Waals surface area (Å²) in [5.74, 6) is 0.510. The number of amides is 1. The summed E-state index contributed by atoms with van der Waals surface area (Å²) in [6.07, 6.45) is -0.652. The molecule has 29 heavy (non-hydrogen) atoms. The van der Waals surface area contributed by atoms with Gasteiger partial charge in [0, 0.05) is 34.8 Å². The van der Waals surface area contributed by atoms with Crippen LogP contribution in [0.15, 0.2) is 65.7 Å². The molecule has 1 heterocycles. The predicted molar refractivity (Wildman–Crippen MR) is 120 cm³/mol. The Bertz CT molecular complexity index is 923. The van der Waals surface area contributed by atoms with Gasteiger partial charge in [0.05, 0.1) is 6.54 Å². The van der Waals surface area contributed by atoms with E-state index in [1.807, 2.05) is 49.4 Å². The molecule has 0 fully saturated rings. The topological polar surface area (TPSA) is 85.8 Å². The molecule has 0 aliphatic rings. The van der Waals surface area contributed by atoms with Crippen LogP contribution in [0, 0.1) is 0 Å². The van der Waals surface area contributed by atoms with E-state index in [1.165, 1.54) is 0 Å². The van der Waals surface area contributed by atoms with E-state index in [2.05, 4.69) is 27.0 Å². The number of benzene rings is 2. The van der Waals surface area contributed by atoms with Gasteiger partial charge >= 0.3 is 0 Å². The molecule has 7 heteroatoms. The van der Waals surface area contributed by atoms with Gasteiger partial charge in [-0.05, 0) is 36.6 Å². The molecular formula is C22H26N4O2S. The first-order chi connectivity index (χ1) is 14.2. The van der Waals surface area contributed by atoms with Crippen LogP contribution in [-0.2, 0) is 0 Å². The summed E-state index contributed by atoms with van der Waals surface area (Å²) in [5.41, 5.74) is 0.638. The highest BCUT2D eigenvalue weighted by molar-refractivity contribution is 7.19. The van der Waals surface area contributed by atoms with Gasteiger partial charge in [-0.3, -0.25) is 9.79 Å². The third kappa shape index (κ3) is 6.04. The highest BCUT2D eigenvalue weighted by Crippen LogP contribution is 2.29. The van der Waals surface area contributed by atoms with Crippen LogP contribution in [0.1, 0.15) is 28.3 Å². The van der Waals surface area contributed by atoms with E-state index in [4.69, 9.17) is 0 Å². The first kappa shape index (κ1) is 20.8. The van der Waals surface area contributed by atoms with Gasteiger partial charge < -0.3 is 21.1 Å². The summed E-state index contributed by atoms with van der Waals surface area (Å²) in [5, 5.41) is 20.8. The minimum Gasteiger partial charge on any atom is -0.386 e. The fourth-order valence-electron chi connectivity index (χ4n) is 2.82. The first-order valence-electron chi connectivity index (χ1n) is 9.69. The molecule has 0 saturated carbocycles. The van der Waals surface area contributed by atoms with Crippen molar-refractivity contribution >= 4 is 33.3 Å². The van der Waals surface area contributed by atoms with E-state index < -0.39 is 6.10 Å². The van der Waals surface area contributed by atoms with Crippen molar-refractivity contribution < 1.29 is 9.90 Å². The lowest BCUT2D eigenvalue weighted by molar-refractivity contribution is 0.0954. The van der Waals surface area contributed by atoms with Crippen LogP contribution in [0.25, 0.3) is 10.1 Å². The molecule has 0 saturated heterocycles. The van der Waals surface area contributed by atoms with Crippen molar-refractivity contribution in [2.75, 3.05) is 26.2 Å². The van der Waals surface area contributed by atoms with Crippen molar-refractivity contribution in [1.82, 2.24) is 16.0 Å². The Morgan fingerprint density at radius 2 is 1.76 bits per heavy atom. The Morgan fingerprint density at radius 3 is 2.52 bits per heavy atom. The maximum atomic E-state index is 12.0. The molecule has 0 bridgehead atoms. The summed E-state index contributed by atoms with van der Waals surface area (Å²) in [7, 11) is 0. The maximum Gasteiger partial charge on any atom is 0.251 e. The standard InChI is InChI=1S/C22H26N4O2S/c1-2-23-22(25-13-12-24-21(28)16-8-4-3-5-9-16)26-15-18(27)20-14-17-10-6-7-11-19(17)29-20/h3-11,14,18,27H,2,12-13,15H2,1H3,(H,24,28)(H2,23,25,26). The van der Waals surface area contributed by atoms with Gasteiger partial charge in [-0.1, -0.05) is 36.4 Å². The molecule has 0 aliphatic heterocycles. The molecule has 152 valence electrons. The second-order valence-corrected chi connectivity index (χ2v) is 7.59. The molecule has 0 radical (unpaired) electrons. The van der Waals surface area contributed by atoms with Gasteiger partial charge in [-0.2, -0.15) is 0 Å². The predicted octanol–water partition coefficient (Wildman–Crippen LogP) is 2.92. The average molecular weight is 411 g/mol. The van der Waals surface area contributed by atoms with Crippen LogP contribution in [0.5, 0.6) is 0 Å². The average Bonchev–Trinajstić information content (AvgIpc) is 3.19. The quantitative estimate of drug-likeness (QED) is 0.261. The number of rotatable bonds is 8. The number of hydrogen-bond donors (Lipinski definition) is 4. The molecule has 1 aromatic heterocycles. The van der Waals surface area contributed by atoms with Gasteiger partial charge in [-0.25, -0.2) is 0 Å². The molecule has 0 aliphatic carbocycles. The number of nitrogens with zero attached hydrogens (tertiary/aromatic N) is 1. The second kappa shape index (κ2) is 10.6. The Morgan fingerprint density at radius 1 is 1.03 bits per heavy atom. The zero-order chi connectivity index (χ0) is 20.5. The lowest BCUT2D eigenvalue weighted by Gasteiger charge is -2.13. The fourth-order valence-corrected chi connectivity index (χ4v) is 3.87. The largest absolute Gasteiger partial charge is 0.386 e. The summed E-state index contributed by atoms with van der Waals surface area (Å²) < 4.78 is 1.16. The van der Waals surface area contributed by atoms with Gasteiger partial charge in [0.2, 0.25) is 0 Å². The van der Waals surface area contributed by atoms with E-state index >= 15 is 0 Å². The van der Waals surface area contributed by atoms with Crippen LogP contribution in [0.4, 0.5) is 0 Å². The van der Waals surface area contributed by atoms with E-state index in [0.29, 0.717) is 31.2 Å². The Balaban J connectivity index is 1.49. The van der Waals surface area contributed by atoms with E-state index in [-0.39, 0.29) is 12.5 Å². The van der Waals surface area contributed by atoms with Crippen molar-refractivity contribution in [3.05, 3.63) is 71.1 Å². The molecule has 1 amide bonds. The number of hydrogen-bond acceptors (Lipinski definition) is 4. The number of guanidine groups is 1. The number of aliphatic hydroxyl groups excluding tert-OH is 1. The minimum absolute atomic E-state index is 0.102. The zero-order valence-corrected chi connectivity index (χ0v) is 17.2. The lowest BCUT2D eigenvalue weighted by Crippen LogP contribution is -2.41. The molecule has 1 unspecified atom stereocenters. The van der Waals surface area contributed by atoms with Crippen LogP contribution in [-0.4, -0.2) is 43.2 Å². The van der Waals surface area contributed by atoms with Crippen LogP contribution < -0.4 is 16.0 Å². The fraction of sp³-hybridized carbons (Fsp3) is 0.273. The molecule has 1 atom stereocenters. The molecule has 0 spiro atoms. The highest BCUT2D eigenvalue weighted by Gasteiger charge is 2.11. The lowest BCUT2D eigenvalue weighted by atomic mass is 10.2. The SMILES string of the molecule is CCNC(=NCC(O)c1cc2ccccc2s1)NCCNC(=O)c1ccccc1. The van der Waals surface area contributed by atoms with Crippen molar-refractivity contribution in [2.45, 2.75) is 13.0 Å². The minimum atomic E-state index is -0.652. The first-order valence-corrected chi connectivity index (χ1v) is 10.5. The van der Waals surface area contributed by atoms with Crippen LogP contribution in [0.3, 0.4) is 0 Å². The molecular weight excluding hydrogens is 384 g/mol. The summed E-state index contributed by atoms with van der Waals surface area (Å²) >= 11 is 1.59.